The monoisotopic (exact) mass is 283 g/mol. The van der Waals surface area contributed by atoms with Crippen LogP contribution in [0.1, 0.15) is 18.4 Å². The van der Waals surface area contributed by atoms with Crippen molar-refractivity contribution in [1.29, 1.82) is 0 Å². The predicted octanol–water partition coefficient (Wildman–Crippen LogP) is 1.41. The van der Waals surface area contributed by atoms with E-state index in [1.165, 1.54) is 10.6 Å². The zero-order valence-corrected chi connectivity index (χ0v) is 12.2. The Bertz CT molecular complexity index is 549. The van der Waals surface area contributed by atoms with E-state index in [-0.39, 0.29) is 6.04 Å². The van der Waals surface area contributed by atoms with Crippen molar-refractivity contribution < 1.29 is 8.42 Å². The largest absolute Gasteiger partial charge is 0.397 e. The van der Waals surface area contributed by atoms with Crippen molar-refractivity contribution in [3.05, 3.63) is 23.8 Å². The fourth-order valence-electron chi connectivity index (χ4n) is 2.35. The smallest absolute Gasteiger partial charge is 0.211 e. The molecule has 1 aliphatic rings. The lowest BCUT2D eigenvalue weighted by Gasteiger charge is -2.31. The molecular weight excluding hydrogens is 262 g/mol. The zero-order valence-electron chi connectivity index (χ0n) is 11.4. The maximum atomic E-state index is 11.4. The van der Waals surface area contributed by atoms with Gasteiger partial charge in [-0.25, -0.2) is 12.7 Å². The number of nitrogens with one attached hydrogen (secondary N) is 1. The molecule has 0 spiro atoms. The highest BCUT2D eigenvalue weighted by atomic mass is 32.2. The van der Waals surface area contributed by atoms with Gasteiger partial charge in [0.1, 0.15) is 0 Å². The number of benzene rings is 1. The molecule has 106 valence electrons. The van der Waals surface area contributed by atoms with Crippen LogP contribution >= 0.6 is 0 Å². The molecule has 1 heterocycles. The molecule has 0 unspecified atom stereocenters. The molecule has 0 saturated carbocycles. The van der Waals surface area contributed by atoms with E-state index in [2.05, 4.69) is 5.32 Å². The van der Waals surface area contributed by atoms with Crippen molar-refractivity contribution in [2.24, 2.45) is 0 Å². The molecule has 1 aromatic carbocycles. The second-order valence-corrected chi connectivity index (χ2v) is 7.15. The number of rotatable bonds is 3. The van der Waals surface area contributed by atoms with Crippen molar-refractivity contribution in [2.45, 2.75) is 25.8 Å². The highest BCUT2D eigenvalue weighted by molar-refractivity contribution is 7.88. The molecule has 3 N–H and O–H groups in total. The van der Waals surface area contributed by atoms with Crippen LogP contribution in [0.15, 0.2) is 18.2 Å². The maximum Gasteiger partial charge on any atom is 0.211 e. The number of aryl methyl sites for hydroxylation is 1. The summed E-state index contributed by atoms with van der Waals surface area (Å²) in [7, 11) is -3.06. The summed E-state index contributed by atoms with van der Waals surface area (Å²) < 4.78 is 24.4. The van der Waals surface area contributed by atoms with Crippen LogP contribution in [0, 0.1) is 6.92 Å². The number of hydrogen-bond acceptors (Lipinski definition) is 4. The van der Waals surface area contributed by atoms with Gasteiger partial charge in [0.2, 0.25) is 10.0 Å². The molecule has 1 saturated heterocycles. The van der Waals surface area contributed by atoms with E-state index in [0.29, 0.717) is 13.1 Å². The molecule has 0 aromatic heterocycles. The average Bonchev–Trinajstić information content (AvgIpc) is 2.33. The molecule has 0 bridgehead atoms. The normalized spacial score (nSPS) is 18.4. The van der Waals surface area contributed by atoms with Crippen LogP contribution in [-0.4, -0.2) is 38.1 Å². The van der Waals surface area contributed by atoms with Gasteiger partial charge in [-0.15, -0.1) is 0 Å². The molecule has 1 fully saturated rings. The Labute approximate surface area is 114 Å². The van der Waals surface area contributed by atoms with Gasteiger partial charge in [-0.05, 0) is 37.5 Å². The quantitative estimate of drug-likeness (QED) is 0.823. The molecule has 2 rings (SSSR count). The predicted molar refractivity (Wildman–Crippen MR) is 78.7 cm³/mol. The third-order valence-corrected chi connectivity index (χ3v) is 4.79. The first-order valence-electron chi connectivity index (χ1n) is 6.44. The van der Waals surface area contributed by atoms with Crippen molar-refractivity contribution in [3.8, 4) is 0 Å². The molecule has 19 heavy (non-hydrogen) atoms. The fraction of sp³-hybridized carbons (Fsp3) is 0.538. The number of hydrogen-bond donors (Lipinski definition) is 2. The first-order valence-corrected chi connectivity index (χ1v) is 8.29. The van der Waals surface area contributed by atoms with Gasteiger partial charge >= 0.3 is 0 Å². The van der Waals surface area contributed by atoms with Crippen molar-refractivity contribution in [2.75, 3.05) is 30.4 Å². The van der Waals surface area contributed by atoms with Crippen LogP contribution in [0.4, 0.5) is 11.4 Å². The van der Waals surface area contributed by atoms with E-state index < -0.39 is 10.0 Å². The van der Waals surface area contributed by atoms with Crippen LogP contribution in [0.5, 0.6) is 0 Å². The lowest BCUT2D eigenvalue weighted by Crippen LogP contribution is -2.41. The second kappa shape index (κ2) is 5.38. The van der Waals surface area contributed by atoms with E-state index in [4.69, 9.17) is 5.73 Å². The molecule has 0 atom stereocenters. The van der Waals surface area contributed by atoms with Gasteiger partial charge in [0.05, 0.1) is 17.6 Å². The molecular formula is C13H21N3O2S. The Morgan fingerprint density at radius 1 is 1.32 bits per heavy atom. The van der Waals surface area contributed by atoms with Crippen LogP contribution in [0.25, 0.3) is 0 Å². The highest BCUT2D eigenvalue weighted by Crippen LogP contribution is 2.23. The fourth-order valence-corrected chi connectivity index (χ4v) is 3.22. The molecule has 1 aliphatic heterocycles. The van der Waals surface area contributed by atoms with E-state index in [1.54, 1.807) is 0 Å². The van der Waals surface area contributed by atoms with Crippen molar-refractivity contribution >= 4 is 21.4 Å². The van der Waals surface area contributed by atoms with Gasteiger partial charge in [0.15, 0.2) is 0 Å². The average molecular weight is 283 g/mol. The number of anilines is 2. The topological polar surface area (TPSA) is 75.4 Å². The van der Waals surface area contributed by atoms with E-state index >= 15 is 0 Å². The van der Waals surface area contributed by atoms with Gasteiger partial charge < -0.3 is 11.1 Å². The van der Waals surface area contributed by atoms with Gasteiger partial charge in [0, 0.05) is 19.1 Å². The Kier molecular flexibility index (Phi) is 4.01. The van der Waals surface area contributed by atoms with Gasteiger partial charge in [-0.3, -0.25) is 0 Å². The highest BCUT2D eigenvalue weighted by Gasteiger charge is 2.24. The number of sulfonamides is 1. The summed E-state index contributed by atoms with van der Waals surface area (Å²) >= 11 is 0. The zero-order chi connectivity index (χ0) is 14.0. The Balaban J connectivity index is 1.98. The summed E-state index contributed by atoms with van der Waals surface area (Å²) in [5.74, 6) is 0. The Morgan fingerprint density at radius 2 is 1.95 bits per heavy atom. The number of piperidine rings is 1. The lowest BCUT2D eigenvalue weighted by atomic mass is 10.1. The SMILES string of the molecule is Cc1ccc(N)c(NC2CCN(S(C)(=O)=O)CC2)c1. The van der Waals surface area contributed by atoms with Crippen LogP contribution in [0.3, 0.4) is 0 Å². The van der Waals surface area contributed by atoms with Gasteiger partial charge in [-0.2, -0.15) is 0 Å². The number of nitrogens with zero attached hydrogens (tertiary/aromatic N) is 1. The Hall–Kier alpha value is -1.27. The summed E-state index contributed by atoms with van der Waals surface area (Å²) in [6.07, 6.45) is 2.88. The maximum absolute atomic E-state index is 11.4. The van der Waals surface area contributed by atoms with Crippen LogP contribution < -0.4 is 11.1 Å². The molecule has 6 heteroatoms. The summed E-state index contributed by atoms with van der Waals surface area (Å²) in [5, 5.41) is 3.42. The van der Waals surface area contributed by atoms with E-state index in [1.807, 2.05) is 25.1 Å². The van der Waals surface area contributed by atoms with Crippen LogP contribution in [0.2, 0.25) is 0 Å². The molecule has 0 radical (unpaired) electrons. The minimum atomic E-state index is -3.06. The lowest BCUT2D eigenvalue weighted by molar-refractivity contribution is 0.332. The molecule has 0 aliphatic carbocycles. The minimum absolute atomic E-state index is 0.280. The third-order valence-electron chi connectivity index (χ3n) is 3.49. The van der Waals surface area contributed by atoms with Crippen molar-refractivity contribution in [3.63, 3.8) is 0 Å². The standard InChI is InChI=1S/C13H21N3O2S/c1-10-3-4-12(14)13(9-10)15-11-5-7-16(8-6-11)19(2,17)18/h3-4,9,11,15H,5-8,14H2,1-2H3. The molecule has 0 amide bonds. The summed E-state index contributed by atoms with van der Waals surface area (Å²) in [5.41, 5.74) is 8.77. The minimum Gasteiger partial charge on any atom is -0.397 e. The first kappa shape index (κ1) is 14.1. The number of nitrogen functional groups attached to an aromatic ring is 1. The Morgan fingerprint density at radius 3 is 2.53 bits per heavy atom. The van der Waals surface area contributed by atoms with Gasteiger partial charge in [-0.1, -0.05) is 6.07 Å². The summed E-state index contributed by atoms with van der Waals surface area (Å²) in [6.45, 7) is 3.17. The van der Waals surface area contributed by atoms with E-state index in [9.17, 15) is 8.42 Å². The van der Waals surface area contributed by atoms with E-state index in [0.717, 1.165) is 29.8 Å². The van der Waals surface area contributed by atoms with Crippen LogP contribution in [-0.2, 0) is 10.0 Å². The summed E-state index contributed by atoms with van der Waals surface area (Å²) in [4.78, 5) is 0. The third kappa shape index (κ3) is 3.61. The summed E-state index contributed by atoms with van der Waals surface area (Å²) in [6, 6.07) is 6.18. The molecule has 5 nitrogen and oxygen atoms in total. The van der Waals surface area contributed by atoms with Crippen molar-refractivity contribution in [1.82, 2.24) is 4.31 Å². The number of nitrogens with two attached hydrogens (primary N) is 1. The van der Waals surface area contributed by atoms with Gasteiger partial charge in [0.25, 0.3) is 0 Å². The molecule has 1 aromatic rings. The first-order chi connectivity index (χ1) is 8.86. The second-order valence-electron chi connectivity index (χ2n) is 5.17.